The zero-order valence-corrected chi connectivity index (χ0v) is 13.3. The summed E-state index contributed by atoms with van der Waals surface area (Å²) in [5, 5.41) is 10.2. The van der Waals surface area contributed by atoms with Crippen molar-refractivity contribution in [2.24, 2.45) is 0 Å². The Morgan fingerprint density at radius 2 is 1.64 bits per heavy atom. The van der Waals surface area contributed by atoms with Gasteiger partial charge in [0.1, 0.15) is 11.5 Å². The molecule has 0 unspecified atom stereocenters. The zero-order valence-electron chi connectivity index (χ0n) is 11.8. The predicted molar refractivity (Wildman–Crippen MR) is 85.2 cm³/mol. The summed E-state index contributed by atoms with van der Waals surface area (Å²) >= 11 is 11.8. The van der Waals surface area contributed by atoms with Gasteiger partial charge >= 0.3 is 5.97 Å². The first-order valence-electron chi connectivity index (χ1n) is 6.46. The fourth-order valence-electron chi connectivity index (χ4n) is 1.94. The highest BCUT2D eigenvalue weighted by atomic mass is 35.5. The van der Waals surface area contributed by atoms with Crippen LogP contribution in [0.2, 0.25) is 10.0 Å². The number of carboxylic acid groups (broad SMARTS) is 1. The van der Waals surface area contributed by atoms with Gasteiger partial charge < -0.3 is 14.6 Å². The van der Waals surface area contributed by atoms with E-state index in [1.807, 2.05) is 0 Å². The van der Waals surface area contributed by atoms with Crippen molar-refractivity contribution in [1.82, 2.24) is 0 Å². The Morgan fingerprint density at radius 3 is 2.14 bits per heavy atom. The maximum atomic E-state index is 11.4. The van der Waals surface area contributed by atoms with Crippen LogP contribution in [0.3, 0.4) is 0 Å². The van der Waals surface area contributed by atoms with Crippen LogP contribution in [-0.2, 0) is 11.2 Å². The van der Waals surface area contributed by atoms with Crippen molar-refractivity contribution in [2.45, 2.75) is 12.5 Å². The number of benzene rings is 2. The molecule has 0 radical (unpaired) electrons. The van der Waals surface area contributed by atoms with Crippen LogP contribution < -0.4 is 9.47 Å². The van der Waals surface area contributed by atoms with Crippen LogP contribution in [0.5, 0.6) is 11.5 Å². The number of rotatable bonds is 6. The molecule has 0 aliphatic rings. The van der Waals surface area contributed by atoms with E-state index in [4.69, 9.17) is 32.7 Å². The molecule has 2 aromatic carbocycles. The number of carboxylic acids is 1. The van der Waals surface area contributed by atoms with E-state index in [9.17, 15) is 9.90 Å². The number of methoxy groups -OCH3 is 1. The third-order valence-electron chi connectivity index (χ3n) is 2.96. The summed E-state index contributed by atoms with van der Waals surface area (Å²) < 4.78 is 10.6. The molecule has 2 rings (SSSR count). The topological polar surface area (TPSA) is 55.8 Å². The quantitative estimate of drug-likeness (QED) is 0.860. The average Bonchev–Trinajstić information content (AvgIpc) is 2.46. The normalized spacial score (nSPS) is 11.8. The number of hydrogen-bond donors (Lipinski definition) is 1. The van der Waals surface area contributed by atoms with Crippen LogP contribution in [0.1, 0.15) is 5.56 Å². The molecule has 22 heavy (non-hydrogen) atoms. The molecule has 1 N–H and O–H groups in total. The number of ether oxygens (including phenoxy) is 2. The van der Waals surface area contributed by atoms with Gasteiger partial charge in [-0.3, -0.25) is 0 Å². The van der Waals surface area contributed by atoms with E-state index >= 15 is 0 Å². The molecule has 6 heteroatoms. The molecule has 0 heterocycles. The Bertz CT molecular complexity index is 635. The molecule has 0 aromatic heterocycles. The fourth-order valence-corrected chi connectivity index (χ4v) is 2.51. The number of carbonyl (C=O) groups is 1. The zero-order chi connectivity index (χ0) is 16.1. The van der Waals surface area contributed by atoms with E-state index in [0.717, 1.165) is 0 Å². The minimum absolute atomic E-state index is 0.154. The van der Waals surface area contributed by atoms with Crippen molar-refractivity contribution < 1.29 is 19.4 Å². The lowest BCUT2D eigenvalue weighted by molar-refractivity contribution is -0.145. The Morgan fingerprint density at radius 1 is 1.09 bits per heavy atom. The van der Waals surface area contributed by atoms with Crippen molar-refractivity contribution >= 4 is 29.2 Å². The monoisotopic (exact) mass is 340 g/mol. The van der Waals surface area contributed by atoms with Gasteiger partial charge in [-0.1, -0.05) is 23.2 Å². The molecule has 2 aromatic rings. The lowest BCUT2D eigenvalue weighted by Crippen LogP contribution is -2.29. The van der Waals surface area contributed by atoms with Gasteiger partial charge in [0, 0.05) is 16.5 Å². The molecular formula is C16H14Cl2O4. The maximum absolute atomic E-state index is 11.4. The third-order valence-corrected chi connectivity index (χ3v) is 3.39. The van der Waals surface area contributed by atoms with E-state index in [0.29, 0.717) is 27.1 Å². The Labute approximate surface area is 138 Å². The highest BCUT2D eigenvalue weighted by Crippen LogP contribution is 2.22. The molecule has 0 fully saturated rings. The minimum atomic E-state index is -1.06. The third kappa shape index (κ3) is 4.55. The minimum Gasteiger partial charge on any atom is -0.497 e. The smallest absolute Gasteiger partial charge is 0.345 e. The second-order valence-electron chi connectivity index (χ2n) is 4.60. The van der Waals surface area contributed by atoms with E-state index in [2.05, 4.69) is 0 Å². The van der Waals surface area contributed by atoms with Gasteiger partial charge in [-0.15, -0.1) is 0 Å². The van der Waals surface area contributed by atoms with E-state index in [1.165, 1.54) is 0 Å². The van der Waals surface area contributed by atoms with Crippen molar-refractivity contribution in [3.8, 4) is 11.5 Å². The molecular weight excluding hydrogens is 327 g/mol. The summed E-state index contributed by atoms with van der Waals surface area (Å²) in [5.74, 6) is 0.0501. The summed E-state index contributed by atoms with van der Waals surface area (Å²) in [5.41, 5.74) is 0.693. The van der Waals surface area contributed by atoms with Gasteiger partial charge in [-0.05, 0) is 48.0 Å². The molecule has 1 atom stereocenters. The van der Waals surface area contributed by atoms with E-state index < -0.39 is 12.1 Å². The van der Waals surface area contributed by atoms with Gasteiger partial charge in [0.25, 0.3) is 0 Å². The second-order valence-corrected chi connectivity index (χ2v) is 5.47. The number of aliphatic carboxylic acids is 1. The Hall–Kier alpha value is -1.91. The summed E-state index contributed by atoms with van der Waals surface area (Å²) in [7, 11) is 1.55. The molecule has 0 aliphatic heterocycles. The highest BCUT2D eigenvalue weighted by Gasteiger charge is 2.20. The average molecular weight is 341 g/mol. The molecule has 116 valence electrons. The van der Waals surface area contributed by atoms with Crippen molar-refractivity contribution in [2.75, 3.05) is 7.11 Å². The molecule has 0 aliphatic carbocycles. The second kappa shape index (κ2) is 7.38. The van der Waals surface area contributed by atoms with Crippen LogP contribution in [0, 0.1) is 0 Å². The summed E-state index contributed by atoms with van der Waals surface area (Å²) in [6.45, 7) is 0. The summed E-state index contributed by atoms with van der Waals surface area (Å²) in [6, 6.07) is 11.6. The lowest BCUT2D eigenvalue weighted by Gasteiger charge is -2.16. The Kier molecular flexibility index (Phi) is 5.52. The SMILES string of the molecule is COc1ccc(O[C@@H](Cc2cc(Cl)cc(Cl)c2)C(=O)O)cc1. The maximum Gasteiger partial charge on any atom is 0.345 e. The van der Waals surface area contributed by atoms with Crippen LogP contribution in [0.4, 0.5) is 0 Å². The van der Waals surface area contributed by atoms with E-state index in [1.54, 1.807) is 49.6 Å². The van der Waals surface area contributed by atoms with Crippen LogP contribution in [0.25, 0.3) is 0 Å². The first kappa shape index (κ1) is 16.5. The van der Waals surface area contributed by atoms with E-state index in [-0.39, 0.29) is 6.42 Å². The van der Waals surface area contributed by atoms with Crippen LogP contribution in [-0.4, -0.2) is 24.3 Å². The van der Waals surface area contributed by atoms with Gasteiger partial charge in [-0.25, -0.2) is 4.79 Å². The molecule has 0 bridgehead atoms. The summed E-state index contributed by atoms with van der Waals surface area (Å²) in [6.07, 6.45) is -0.885. The van der Waals surface area contributed by atoms with Gasteiger partial charge in [0.15, 0.2) is 6.10 Å². The fraction of sp³-hybridized carbons (Fsp3) is 0.188. The Balaban J connectivity index is 2.13. The highest BCUT2D eigenvalue weighted by molar-refractivity contribution is 6.34. The molecule has 0 spiro atoms. The van der Waals surface area contributed by atoms with Crippen molar-refractivity contribution in [3.05, 3.63) is 58.1 Å². The first-order chi connectivity index (χ1) is 10.5. The molecule has 0 saturated carbocycles. The predicted octanol–water partition coefficient (Wildman–Crippen LogP) is 4.08. The standard InChI is InChI=1S/C16H14Cl2O4/c1-21-13-2-4-14(5-3-13)22-15(16(19)20)8-10-6-11(17)9-12(18)7-10/h2-7,9,15H,8H2,1H3,(H,19,20)/t15-/m0/s1. The largest absolute Gasteiger partial charge is 0.497 e. The molecule has 4 nitrogen and oxygen atoms in total. The van der Waals surface area contributed by atoms with Gasteiger partial charge in [0.05, 0.1) is 7.11 Å². The lowest BCUT2D eigenvalue weighted by atomic mass is 10.1. The first-order valence-corrected chi connectivity index (χ1v) is 7.22. The number of halogens is 2. The van der Waals surface area contributed by atoms with Gasteiger partial charge in [-0.2, -0.15) is 0 Å². The summed E-state index contributed by atoms with van der Waals surface area (Å²) in [4.78, 5) is 11.4. The molecule has 0 amide bonds. The van der Waals surface area contributed by atoms with Gasteiger partial charge in [0.2, 0.25) is 0 Å². The van der Waals surface area contributed by atoms with Crippen molar-refractivity contribution in [3.63, 3.8) is 0 Å². The molecule has 0 saturated heterocycles. The van der Waals surface area contributed by atoms with Crippen LogP contribution in [0.15, 0.2) is 42.5 Å². The van der Waals surface area contributed by atoms with Crippen molar-refractivity contribution in [1.29, 1.82) is 0 Å². The van der Waals surface area contributed by atoms with Crippen LogP contribution >= 0.6 is 23.2 Å². The number of hydrogen-bond acceptors (Lipinski definition) is 3.